The first-order chi connectivity index (χ1) is 9.41. The van der Waals surface area contributed by atoms with Gasteiger partial charge in [-0.05, 0) is 37.0 Å². The van der Waals surface area contributed by atoms with E-state index in [0.29, 0.717) is 18.4 Å². The molecule has 0 aliphatic heterocycles. The summed E-state index contributed by atoms with van der Waals surface area (Å²) in [4.78, 5) is 0. The van der Waals surface area contributed by atoms with Gasteiger partial charge in [0.2, 0.25) is 10.0 Å². The van der Waals surface area contributed by atoms with E-state index in [2.05, 4.69) is 30.7 Å². The largest absolute Gasteiger partial charge is 0.493 e. The molecule has 1 aromatic rings. The lowest BCUT2D eigenvalue weighted by Gasteiger charge is -2.09. The molecule has 4 nitrogen and oxygen atoms in total. The van der Waals surface area contributed by atoms with Gasteiger partial charge in [0, 0.05) is 12.0 Å². The van der Waals surface area contributed by atoms with E-state index < -0.39 is 10.0 Å². The summed E-state index contributed by atoms with van der Waals surface area (Å²) in [6, 6.07) is 8.15. The Morgan fingerprint density at radius 3 is 2.50 bits per heavy atom. The highest BCUT2D eigenvalue weighted by atomic mass is 32.2. The van der Waals surface area contributed by atoms with Gasteiger partial charge in [-0.3, -0.25) is 0 Å². The fourth-order valence-electron chi connectivity index (χ4n) is 2.04. The Morgan fingerprint density at radius 1 is 1.30 bits per heavy atom. The van der Waals surface area contributed by atoms with Crippen LogP contribution in [0.3, 0.4) is 0 Å². The molecule has 20 heavy (non-hydrogen) atoms. The standard InChI is InChI=1S/C15H23NO3S/c1-4-20(17,18)16-15-9-13(15)10-19-14-7-5-12(6-8-14)11(2)3/h5-8,11,13,15-16H,4,9-10H2,1-3H3. The average molecular weight is 297 g/mol. The zero-order valence-electron chi connectivity index (χ0n) is 12.3. The van der Waals surface area contributed by atoms with Gasteiger partial charge in [-0.15, -0.1) is 0 Å². The van der Waals surface area contributed by atoms with Gasteiger partial charge in [-0.25, -0.2) is 13.1 Å². The Morgan fingerprint density at radius 2 is 1.95 bits per heavy atom. The Bertz CT molecular complexity index is 537. The third-order valence-electron chi connectivity index (χ3n) is 3.64. The molecule has 1 saturated carbocycles. The zero-order valence-corrected chi connectivity index (χ0v) is 13.1. The topological polar surface area (TPSA) is 55.4 Å². The molecule has 0 bridgehead atoms. The predicted molar refractivity (Wildman–Crippen MR) is 80.5 cm³/mol. The molecule has 1 aromatic carbocycles. The summed E-state index contributed by atoms with van der Waals surface area (Å²) >= 11 is 0. The molecular formula is C15H23NO3S. The average Bonchev–Trinajstić information content (AvgIpc) is 3.14. The highest BCUT2D eigenvalue weighted by Gasteiger charge is 2.40. The van der Waals surface area contributed by atoms with E-state index in [1.165, 1.54) is 5.56 Å². The third-order valence-corrected chi connectivity index (χ3v) is 5.07. The van der Waals surface area contributed by atoms with Crippen LogP contribution in [0.25, 0.3) is 0 Å². The second-order valence-corrected chi connectivity index (χ2v) is 7.70. The molecule has 0 aromatic heterocycles. The number of sulfonamides is 1. The van der Waals surface area contributed by atoms with Crippen LogP contribution in [0.2, 0.25) is 0 Å². The van der Waals surface area contributed by atoms with Gasteiger partial charge in [0.1, 0.15) is 5.75 Å². The normalized spacial score (nSPS) is 22.0. The molecular weight excluding hydrogens is 274 g/mol. The Hall–Kier alpha value is -1.07. The van der Waals surface area contributed by atoms with Crippen molar-refractivity contribution < 1.29 is 13.2 Å². The van der Waals surface area contributed by atoms with Crippen LogP contribution in [-0.2, 0) is 10.0 Å². The minimum Gasteiger partial charge on any atom is -0.493 e. The molecule has 0 spiro atoms. The van der Waals surface area contributed by atoms with Crippen LogP contribution in [0, 0.1) is 5.92 Å². The number of rotatable bonds is 7. The monoisotopic (exact) mass is 297 g/mol. The maximum Gasteiger partial charge on any atom is 0.211 e. The summed E-state index contributed by atoms with van der Waals surface area (Å²) in [6.07, 6.45) is 0.864. The van der Waals surface area contributed by atoms with Crippen LogP contribution in [0.4, 0.5) is 0 Å². The van der Waals surface area contributed by atoms with Gasteiger partial charge in [0.05, 0.1) is 12.4 Å². The van der Waals surface area contributed by atoms with Gasteiger partial charge >= 0.3 is 0 Å². The van der Waals surface area contributed by atoms with E-state index in [1.807, 2.05) is 12.1 Å². The maximum absolute atomic E-state index is 11.4. The number of hydrogen-bond donors (Lipinski definition) is 1. The predicted octanol–water partition coefficient (Wildman–Crippen LogP) is 2.52. The maximum atomic E-state index is 11.4. The second kappa shape index (κ2) is 6.14. The van der Waals surface area contributed by atoms with Gasteiger partial charge in [-0.1, -0.05) is 26.0 Å². The molecule has 0 radical (unpaired) electrons. The van der Waals surface area contributed by atoms with E-state index in [-0.39, 0.29) is 11.8 Å². The lowest BCUT2D eigenvalue weighted by atomic mass is 10.0. The first-order valence-electron chi connectivity index (χ1n) is 7.14. The molecule has 1 fully saturated rings. The van der Waals surface area contributed by atoms with Gasteiger partial charge < -0.3 is 4.74 Å². The van der Waals surface area contributed by atoms with Crippen molar-refractivity contribution in [2.75, 3.05) is 12.4 Å². The van der Waals surface area contributed by atoms with Crippen LogP contribution in [0.5, 0.6) is 5.75 Å². The quantitative estimate of drug-likeness (QED) is 0.841. The number of hydrogen-bond acceptors (Lipinski definition) is 3. The molecule has 2 atom stereocenters. The van der Waals surface area contributed by atoms with Crippen molar-refractivity contribution in [1.29, 1.82) is 0 Å². The summed E-state index contributed by atoms with van der Waals surface area (Å²) in [7, 11) is -3.09. The summed E-state index contributed by atoms with van der Waals surface area (Å²) in [5.74, 6) is 1.79. The van der Waals surface area contributed by atoms with Crippen molar-refractivity contribution in [1.82, 2.24) is 4.72 Å². The Balaban J connectivity index is 1.77. The Labute approximate surface area is 121 Å². The van der Waals surface area contributed by atoms with Crippen molar-refractivity contribution in [2.45, 2.75) is 39.2 Å². The van der Waals surface area contributed by atoms with Crippen molar-refractivity contribution in [3.63, 3.8) is 0 Å². The lowest BCUT2D eigenvalue weighted by molar-refractivity contribution is 0.295. The SMILES string of the molecule is CCS(=O)(=O)NC1CC1COc1ccc(C(C)C)cc1. The number of benzene rings is 1. The van der Waals surface area contributed by atoms with Crippen molar-refractivity contribution in [3.8, 4) is 5.75 Å². The zero-order chi connectivity index (χ0) is 14.8. The van der Waals surface area contributed by atoms with E-state index in [1.54, 1.807) is 6.92 Å². The fourth-order valence-corrected chi connectivity index (χ4v) is 2.96. The molecule has 1 N–H and O–H groups in total. The molecule has 0 amide bonds. The molecule has 0 saturated heterocycles. The molecule has 5 heteroatoms. The summed E-state index contributed by atoms with van der Waals surface area (Å²) < 4.78 is 31.2. The second-order valence-electron chi connectivity index (χ2n) is 5.66. The van der Waals surface area contributed by atoms with Crippen LogP contribution in [-0.4, -0.2) is 26.8 Å². The fraction of sp³-hybridized carbons (Fsp3) is 0.600. The van der Waals surface area contributed by atoms with Crippen LogP contribution < -0.4 is 9.46 Å². The Kier molecular flexibility index (Phi) is 4.70. The minimum absolute atomic E-state index is 0.0508. The third kappa shape index (κ3) is 4.21. The van der Waals surface area contributed by atoms with Crippen molar-refractivity contribution in [2.24, 2.45) is 5.92 Å². The molecule has 2 unspecified atom stereocenters. The van der Waals surface area contributed by atoms with Crippen molar-refractivity contribution >= 4 is 10.0 Å². The smallest absolute Gasteiger partial charge is 0.211 e. The van der Waals surface area contributed by atoms with Gasteiger partial charge in [0.25, 0.3) is 0 Å². The van der Waals surface area contributed by atoms with Gasteiger partial charge in [-0.2, -0.15) is 0 Å². The molecule has 2 rings (SSSR count). The van der Waals surface area contributed by atoms with Gasteiger partial charge in [0.15, 0.2) is 0 Å². The molecule has 0 heterocycles. The number of ether oxygens (including phenoxy) is 1. The molecule has 1 aliphatic rings. The van der Waals surface area contributed by atoms with Crippen LogP contribution >= 0.6 is 0 Å². The van der Waals surface area contributed by atoms with E-state index >= 15 is 0 Å². The highest BCUT2D eigenvalue weighted by molar-refractivity contribution is 7.89. The molecule has 1 aliphatic carbocycles. The summed E-state index contributed by atoms with van der Waals surface area (Å²) in [6.45, 7) is 6.53. The van der Waals surface area contributed by atoms with Crippen LogP contribution in [0.15, 0.2) is 24.3 Å². The minimum atomic E-state index is -3.09. The van der Waals surface area contributed by atoms with E-state index in [4.69, 9.17) is 4.74 Å². The van der Waals surface area contributed by atoms with Crippen LogP contribution in [0.1, 0.15) is 38.7 Å². The highest BCUT2D eigenvalue weighted by Crippen LogP contribution is 2.31. The summed E-state index contributed by atoms with van der Waals surface area (Å²) in [5.41, 5.74) is 1.29. The lowest BCUT2D eigenvalue weighted by Crippen LogP contribution is -2.29. The first-order valence-corrected chi connectivity index (χ1v) is 8.79. The van der Waals surface area contributed by atoms with E-state index in [0.717, 1.165) is 12.2 Å². The first kappa shape index (κ1) is 15.3. The number of nitrogens with one attached hydrogen (secondary N) is 1. The summed E-state index contributed by atoms with van der Waals surface area (Å²) in [5, 5.41) is 0. The molecule has 112 valence electrons. The van der Waals surface area contributed by atoms with E-state index in [9.17, 15) is 8.42 Å². The van der Waals surface area contributed by atoms with Crippen molar-refractivity contribution in [3.05, 3.63) is 29.8 Å².